The van der Waals surface area contributed by atoms with Gasteiger partial charge in [-0.2, -0.15) is 0 Å². The van der Waals surface area contributed by atoms with Gasteiger partial charge in [-0.25, -0.2) is 0 Å². The quantitative estimate of drug-likeness (QED) is 0.397. The zero-order chi connectivity index (χ0) is 12.4. The molecule has 0 spiro atoms. The molecule has 0 aliphatic rings. The van der Waals surface area contributed by atoms with Gasteiger partial charge in [-0.1, -0.05) is 38.7 Å². The van der Waals surface area contributed by atoms with Crippen molar-refractivity contribution >= 4 is 5.91 Å². The van der Waals surface area contributed by atoms with Crippen LogP contribution in [0, 0.1) is 0 Å². The summed E-state index contributed by atoms with van der Waals surface area (Å²) in [5.74, 6) is -0.0846. The van der Waals surface area contributed by atoms with Crippen LogP contribution in [0.25, 0.3) is 0 Å². The largest absolute Gasteiger partial charge is 0.351 e. The Kier molecular flexibility index (Phi) is 8.17. The van der Waals surface area contributed by atoms with E-state index in [2.05, 4.69) is 31.1 Å². The number of hydrogen-bond acceptors (Lipinski definition) is 2. The van der Waals surface area contributed by atoms with E-state index in [1.165, 1.54) is 0 Å². The second kappa shape index (κ2) is 8.92. The van der Waals surface area contributed by atoms with Crippen LogP contribution in [-0.2, 0) is 4.79 Å². The summed E-state index contributed by atoms with van der Waals surface area (Å²) in [6.45, 7) is 11.1. The first-order chi connectivity index (χ1) is 7.61. The van der Waals surface area contributed by atoms with Gasteiger partial charge in [0.1, 0.15) is 0 Å². The van der Waals surface area contributed by atoms with Crippen molar-refractivity contribution in [3.63, 3.8) is 0 Å². The molecule has 0 unspecified atom stereocenters. The minimum atomic E-state index is -0.0846. The van der Waals surface area contributed by atoms with Gasteiger partial charge in [0.15, 0.2) is 0 Å². The number of hydrogen-bond donors (Lipinski definition) is 2. The summed E-state index contributed by atoms with van der Waals surface area (Å²) in [5.41, 5.74) is 0.586. The standard InChI is InChI=1S/C13H22N2O.2H2/c1-5-7-8-12(6-2)13(16)15-10-9-14-11(3)4;;/h5-8,11,14H,2,9-10H2,1,3-4H3,(H,15,16);2*1H/b7-5-,12-8+;;. The van der Waals surface area contributed by atoms with Crippen LogP contribution in [0.4, 0.5) is 0 Å². The molecule has 94 valence electrons. The highest BCUT2D eigenvalue weighted by Crippen LogP contribution is 1.96. The van der Waals surface area contributed by atoms with Crippen LogP contribution in [0.15, 0.2) is 36.5 Å². The number of allylic oxidation sites excluding steroid dienone is 3. The fraction of sp³-hybridized carbons (Fsp3) is 0.462. The predicted molar refractivity (Wildman–Crippen MR) is 73.5 cm³/mol. The topological polar surface area (TPSA) is 41.1 Å². The Morgan fingerprint density at radius 2 is 2.12 bits per heavy atom. The second-order valence-corrected chi connectivity index (χ2v) is 3.72. The maximum absolute atomic E-state index is 11.6. The van der Waals surface area contributed by atoms with Crippen LogP contribution in [0.1, 0.15) is 23.6 Å². The second-order valence-electron chi connectivity index (χ2n) is 3.72. The van der Waals surface area contributed by atoms with Crippen molar-refractivity contribution in [3.05, 3.63) is 36.5 Å². The molecule has 3 nitrogen and oxygen atoms in total. The van der Waals surface area contributed by atoms with Crippen LogP contribution >= 0.6 is 0 Å². The molecule has 0 aliphatic carbocycles. The van der Waals surface area contributed by atoms with Gasteiger partial charge in [-0.15, -0.1) is 0 Å². The molecule has 0 bridgehead atoms. The van der Waals surface area contributed by atoms with Gasteiger partial charge >= 0.3 is 0 Å². The summed E-state index contributed by atoms with van der Waals surface area (Å²) < 4.78 is 0. The molecular formula is C13H26N2O. The molecule has 0 rings (SSSR count). The van der Waals surface area contributed by atoms with Gasteiger partial charge < -0.3 is 10.6 Å². The van der Waals surface area contributed by atoms with E-state index in [9.17, 15) is 4.79 Å². The smallest absolute Gasteiger partial charge is 0.251 e. The summed E-state index contributed by atoms with van der Waals surface area (Å²) in [5, 5.41) is 6.05. The van der Waals surface area contributed by atoms with E-state index in [1.54, 1.807) is 12.2 Å². The van der Waals surface area contributed by atoms with Crippen LogP contribution in [0.2, 0.25) is 0 Å². The lowest BCUT2D eigenvalue weighted by molar-refractivity contribution is -0.117. The minimum Gasteiger partial charge on any atom is -0.351 e. The summed E-state index contributed by atoms with van der Waals surface area (Å²) in [6, 6.07) is 0.439. The van der Waals surface area contributed by atoms with Crippen molar-refractivity contribution in [1.29, 1.82) is 0 Å². The van der Waals surface area contributed by atoms with Crippen molar-refractivity contribution in [3.8, 4) is 0 Å². The van der Waals surface area contributed by atoms with E-state index in [4.69, 9.17) is 0 Å². The van der Waals surface area contributed by atoms with Gasteiger partial charge in [-0.05, 0) is 13.0 Å². The van der Waals surface area contributed by atoms with Crippen LogP contribution in [-0.4, -0.2) is 25.0 Å². The molecule has 0 heterocycles. The average Bonchev–Trinajstić information content (AvgIpc) is 2.25. The molecule has 2 N–H and O–H groups in total. The fourth-order valence-corrected chi connectivity index (χ4v) is 1.08. The molecule has 0 atom stereocenters. The molecule has 0 aromatic heterocycles. The summed E-state index contributed by atoms with van der Waals surface area (Å²) in [7, 11) is 0. The number of amides is 1. The van der Waals surface area contributed by atoms with E-state index in [-0.39, 0.29) is 8.76 Å². The fourth-order valence-electron chi connectivity index (χ4n) is 1.08. The Hall–Kier alpha value is -1.35. The van der Waals surface area contributed by atoms with Crippen molar-refractivity contribution < 1.29 is 7.65 Å². The normalized spacial score (nSPS) is 12.1. The van der Waals surface area contributed by atoms with Crippen molar-refractivity contribution in [2.45, 2.75) is 26.8 Å². The predicted octanol–water partition coefficient (Wildman–Crippen LogP) is 2.28. The molecule has 1 amide bonds. The molecule has 3 heteroatoms. The number of nitrogens with one attached hydrogen (secondary N) is 2. The zero-order valence-corrected chi connectivity index (χ0v) is 10.4. The maximum Gasteiger partial charge on any atom is 0.251 e. The SMILES string of the molecule is C=C/C(=C\C=C/C)C(=O)NCCNC(C)C.[HH].[HH]. The molecule has 0 saturated carbocycles. The van der Waals surface area contributed by atoms with E-state index in [0.29, 0.717) is 18.2 Å². The first kappa shape index (κ1) is 14.6. The van der Waals surface area contributed by atoms with Gasteiger partial charge in [0.25, 0.3) is 5.91 Å². The third-order valence-electron chi connectivity index (χ3n) is 1.91. The average molecular weight is 226 g/mol. The van der Waals surface area contributed by atoms with Crippen molar-refractivity contribution in [1.82, 2.24) is 10.6 Å². The van der Waals surface area contributed by atoms with E-state index < -0.39 is 0 Å². The number of rotatable bonds is 7. The highest BCUT2D eigenvalue weighted by molar-refractivity contribution is 5.96. The van der Waals surface area contributed by atoms with Gasteiger partial charge in [0.2, 0.25) is 0 Å². The molecule has 16 heavy (non-hydrogen) atoms. The Labute approximate surface area is 101 Å². The first-order valence-electron chi connectivity index (χ1n) is 5.58. The third kappa shape index (κ3) is 7.01. The van der Waals surface area contributed by atoms with Crippen LogP contribution in [0.3, 0.4) is 0 Å². The third-order valence-corrected chi connectivity index (χ3v) is 1.91. The Bertz CT molecular complexity index is 287. The highest BCUT2D eigenvalue weighted by Gasteiger charge is 2.03. The molecule has 0 saturated heterocycles. The monoisotopic (exact) mass is 226 g/mol. The van der Waals surface area contributed by atoms with Crippen molar-refractivity contribution in [2.75, 3.05) is 13.1 Å². The lowest BCUT2D eigenvalue weighted by Crippen LogP contribution is -2.35. The molecule has 0 aromatic carbocycles. The van der Waals surface area contributed by atoms with E-state index in [1.807, 2.05) is 19.1 Å². The molecular weight excluding hydrogens is 200 g/mol. The number of carbonyl (C=O) groups is 1. The molecule has 0 radical (unpaired) electrons. The minimum absolute atomic E-state index is 0. The first-order valence-corrected chi connectivity index (χ1v) is 5.58. The lowest BCUT2D eigenvalue weighted by Gasteiger charge is -2.09. The van der Waals surface area contributed by atoms with Crippen molar-refractivity contribution in [2.24, 2.45) is 0 Å². The number of carbonyl (C=O) groups excluding carboxylic acids is 1. The molecule has 0 aromatic rings. The van der Waals surface area contributed by atoms with Gasteiger partial charge in [-0.3, -0.25) is 4.79 Å². The Morgan fingerprint density at radius 1 is 1.44 bits per heavy atom. The van der Waals surface area contributed by atoms with Gasteiger partial charge in [0.05, 0.1) is 0 Å². The zero-order valence-electron chi connectivity index (χ0n) is 10.4. The molecule has 0 fully saturated rings. The van der Waals surface area contributed by atoms with E-state index in [0.717, 1.165) is 6.54 Å². The maximum atomic E-state index is 11.6. The van der Waals surface area contributed by atoms with Gasteiger partial charge in [0, 0.05) is 27.6 Å². The van der Waals surface area contributed by atoms with E-state index >= 15 is 0 Å². The molecule has 0 aliphatic heterocycles. The van der Waals surface area contributed by atoms with Crippen LogP contribution < -0.4 is 10.6 Å². The summed E-state index contributed by atoms with van der Waals surface area (Å²) in [4.78, 5) is 11.6. The summed E-state index contributed by atoms with van der Waals surface area (Å²) >= 11 is 0. The highest BCUT2D eigenvalue weighted by atomic mass is 16.1. The van der Waals surface area contributed by atoms with Crippen LogP contribution in [0.5, 0.6) is 0 Å². The lowest BCUT2D eigenvalue weighted by atomic mass is 10.2. The Morgan fingerprint density at radius 3 is 2.62 bits per heavy atom. The summed E-state index contributed by atoms with van der Waals surface area (Å²) in [6.07, 6.45) is 7.00. The Balaban J connectivity index is -0.00000112.